The van der Waals surface area contributed by atoms with Crippen LogP contribution in [0.2, 0.25) is 5.02 Å². The van der Waals surface area contributed by atoms with Crippen LogP contribution in [0.4, 0.5) is 5.69 Å². The second-order valence-electron chi connectivity index (χ2n) is 6.99. The van der Waals surface area contributed by atoms with Gasteiger partial charge in [0.1, 0.15) is 11.4 Å². The fourth-order valence-electron chi connectivity index (χ4n) is 3.15. The summed E-state index contributed by atoms with van der Waals surface area (Å²) in [5.74, 6) is -0.167. The molecule has 2 amide bonds. The molecule has 0 aliphatic carbocycles. The summed E-state index contributed by atoms with van der Waals surface area (Å²) in [6.45, 7) is 6.62. The smallest absolute Gasteiger partial charge is 0.278 e. The molecule has 0 bridgehead atoms. The van der Waals surface area contributed by atoms with E-state index in [4.69, 9.17) is 21.1 Å². The van der Waals surface area contributed by atoms with E-state index in [0.29, 0.717) is 34.2 Å². The zero-order valence-corrected chi connectivity index (χ0v) is 18.0. The SMILES string of the molecule is CCOc1ccccc1NC1=C(c2ccc(Cl)cc2)C(=O)N(CCOC(C)C)C1=O. The number of halogens is 1. The third kappa shape index (κ3) is 4.83. The Morgan fingerprint density at radius 3 is 2.40 bits per heavy atom. The molecule has 0 aromatic heterocycles. The van der Waals surface area contributed by atoms with E-state index in [1.807, 2.05) is 39.0 Å². The van der Waals surface area contributed by atoms with Crippen molar-refractivity contribution in [2.75, 3.05) is 25.1 Å². The zero-order valence-electron chi connectivity index (χ0n) is 17.3. The van der Waals surface area contributed by atoms with Crippen LogP contribution < -0.4 is 10.1 Å². The fourth-order valence-corrected chi connectivity index (χ4v) is 3.27. The number of para-hydroxylation sites is 2. The summed E-state index contributed by atoms with van der Waals surface area (Å²) in [7, 11) is 0. The van der Waals surface area contributed by atoms with Gasteiger partial charge in [-0.1, -0.05) is 35.9 Å². The molecule has 6 nitrogen and oxygen atoms in total. The van der Waals surface area contributed by atoms with Crippen LogP contribution in [0.15, 0.2) is 54.2 Å². The highest BCUT2D eigenvalue weighted by molar-refractivity contribution is 6.37. The third-order valence-electron chi connectivity index (χ3n) is 4.51. The number of imide groups is 1. The average molecular weight is 429 g/mol. The van der Waals surface area contributed by atoms with Crippen LogP contribution >= 0.6 is 11.6 Å². The average Bonchev–Trinajstić information content (AvgIpc) is 2.94. The molecule has 30 heavy (non-hydrogen) atoms. The Morgan fingerprint density at radius 1 is 1.03 bits per heavy atom. The van der Waals surface area contributed by atoms with E-state index in [9.17, 15) is 9.59 Å². The summed E-state index contributed by atoms with van der Waals surface area (Å²) in [6, 6.07) is 14.1. The van der Waals surface area contributed by atoms with Crippen molar-refractivity contribution in [2.24, 2.45) is 0 Å². The molecule has 158 valence electrons. The molecule has 7 heteroatoms. The number of amides is 2. The maximum Gasteiger partial charge on any atom is 0.278 e. The summed E-state index contributed by atoms with van der Waals surface area (Å²) < 4.78 is 11.2. The molecular formula is C23H25ClN2O4. The minimum absolute atomic E-state index is 0.0113. The number of nitrogens with one attached hydrogen (secondary N) is 1. The Kier molecular flexibility index (Phi) is 7.13. The minimum atomic E-state index is -0.399. The summed E-state index contributed by atoms with van der Waals surface area (Å²) in [5, 5.41) is 3.69. The van der Waals surface area contributed by atoms with Crippen molar-refractivity contribution in [2.45, 2.75) is 26.9 Å². The van der Waals surface area contributed by atoms with Crippen LogP contribution in [0, 0.1) is 0 Å². The summed E-state index contributed by atoms with van der Waals surface area (Å²) in [5.41, 5.74) is 1.73. The van der Waals surface area contributed by atoms with E-state index in [1.54, 1.807) is 30.3 Å². The van der Waals surface area contributed by atoms with Crippen LogP contribution in [0.25, 0.3) is 5.57 Å². The first-order valence-corrected chi connectivity index (χ1v) is 10.3. The monoisotopic (exact) mass is 428 g/mol. The molecule has 1 aliphatic rings. The van der Waals surface area contributed by atoms with Crippen LogP contribution in [0.3, 0.4) is 0 Å². The first-order chi connectivity index (χ1) is 14.4. The van der Waals surface area contributed by atoms with E-state index in [1.165, 1.54) is 4.90 Å². The van der Waals surface area contributed by atoms with Crippen molar-refractivity contribution in [1.29, 1.82) is 0 Å². The lowest BCUT2D eigenvalue weighted by molar-refractivity contribution is -0.137. The number of benzene rings is 2. The van der Waals surface area contributed by atoms with Gasteiger partial charge in [0.25, 0.3) is 11.8 Å². The van der Waals surface area contributed by atoms with Crippen LogP contribution in [-0.2, 0) is 14.3 Å². The first-order valence-electron chi connectivity index (χ1n) is 9.89. The Morgan fingerprint density at radius 2 is 1.73 bits per heavy atom. The largest absolute Gasteiger partial charge is 0.492 e. The Balaban J connectivity index is 1.98. The predicted octanol–water partition coefficient (Wildman–Crippen LogP) is 4.36. The van der Waals surface area contributed by atoms with E-state index in [2.05, 4.69) is 5.32 Å². The van der Waals surface area contributed by atoms with Crippen LogP contribution in [0.1, 0.15) is 26.3 Å². The Bertz CT molecular complexity index is 954. The molecule has 1 aliphatic heterocycles. The maximum atomic E-state index is 13.2. The zero-order chi connectivity index (χ0) is 21.7. The number of rotatable bonds is 9. The second-order valence-corrected chi connectivity index (χ2v) is 7.43. The lowest BCUT2D eigenvalue weighted by Gasteiger charge is -2.17. The number of hydrogen-bond donors (Lipinski definition) is 1. The molecule has 3 rings (SSSR count). The van der Waals surface area contributed by atoms with Gasteiger partial charge < -0.3 is 14.8 Å². The quantitative estimate of drug-likeness (QED) is 0.601. The summed E-state index contributed by atoms with van der Waals surface area (Å²) in [4.78, 5) is 27.6. The summed E-state index contributed by atoms with van der Waals surface area (Å²) >= 11 is 6.00. The van der Waals surface area contributed by atoms with Crippen molar-refractivity contribution < 1.29 is 19.1 Å². The highest BCUT2D eigenvalue weighted by Gasteiger charge is 2.39. The van der Waals surface area contributed by atoms with Crippen molar-refractivity contribution in [3.63, 3.8) is 0 Å². The van der Waals surface area contributed by atoms with Gasteiger partial charge in [-0.25, -0.2) is 0 Å². The first kappa shape index (κ1) is 21.9. The van der Waals surface area contributed by atoms with Crippen molar-refractivity contribution in [3.05, 3.63) is 64.8 Å². The fraction of sp³-hybridized carbons (Fsp3) is 0.304. The van der Waals surface area contributed by atoms with Crippen molar-refractivity contribution >= 4 is 34.7 Å². The Labute approximate surface area is 181 Å². The molecule has 2 aromatic rings. The molecule has 0 unspecified atom stereocenters. The minimum Gasteiger partial charge on any atom is -0.492 e. The van der Waals surface area contributed by atoms with Gasteiger partial charge in [-0.15, -0.1) is 0 Å². The topological polar surface area (TPSA) is 67.9 Å². The molecular weight excluding hydrogens is 404 g/mol. The third-order valence-corrected chi connectivity index (χ3v) is 4.77. The normalized spacial score (nSPS) is 14.1. The van der Waals surface area contributed by atoms with E-state index >= 15 is 0 Å². The lowest BCUT2D eigenvalue weighted by atomic mass is 10.0. The van der Waals surface area contributed by atoms with E-state index in [-0.39, 0.29) is 30.9 Å². The van der Waals surface area contributed by atoms with Crippen molar-refractivity contribution in [1.82, 2.24) is 4.90 Å². The number of nitrogens with zero attached hydrogens (tertiary/aromatic N) is 1. The summed E-state index contributed by atoms with van der Waals surface area (Å²) in [6.07, 6.45) is 0.0113. The van der Waals surface area contributed by atoms with Gasteiger partial charge >= 0.3 is 0 Å². The molecule has 1 heterocycles. The number of anilines is 1. The number of ether oxygens (including phenoxy) is 2. The van der Waals surface area contributed by atoms with Gasteiger partial charge in [-0.3, -0.25) is 14.5 Å². The number of hydrogen-bond acceptors (Lipinski definition) is 5. The molecule has 2 aromatic carbocycles. The predicted molar refractivity (Wildman–Crippen MR) is 117 cm³/mol. The van der Waals surface area contributed by atoms with Gasteiger partial charge in [-0.2, -0.15) is 0 Å². The number of carbonyl (C=O) groups is 2. The standard InChI is InChI=1S/C23H25ClN2O4/c1-4-29-19-8-6-5-7-18(19)25-21-20(16-9-11-17(24)12-10-16)22(27)26(23(21)28)13-14-30-15(2)3/h5-12,15,25H,4,13-14H2,1-3H3. The molecule has 0 spiro atoms. The van der Waals surface area contributed by atoms with E-state index in [0.717, 1.165) is 0 Å². The highest BCUT2D eigenvalue weighted by Crippen LogP contribution is 2.33. The van der Waals surface area contributed by atoms with Gasteiger partial charge in [0.05, 0.1) is 37.1 Å². The van der Waals surface area contributed by atoms with E-state index < -0.39 is 5.91 Å². The van der Waals surface area contributed by atoms with Crippen molar-refractivity contribution in [3.8, 4) is 5.75 Å². The van der Waals surface area contributed by atoms with Gasteiger partial charge in [-0.05, 0) is 50.6 Å². The van der Waals surface area contributed by atoms with Gasteiger partial charge in [0, 0.05) is 5.02 Å². The Hall–Kier alpha value is -2.83. The molecule has 0 saturated carbocycles. The van der Waals surface area contributed by atoms with Gasteiger partial charge in [0.2, 0.25) is 0 Å². The molecule has 0 atom stereocenters. The number of carbonyl (C=O) groups excluding carboxylic acids is 2. The molecule has 1 N–H and O–H groups in total. The maximum absolute atomic E-state index is 13.2. The lowest BCUT2D eigenvalue weighted by Crippen LogP contribution is -2.35. The molecule has 0 saturated heterocycles. The highest BCUT2D eigenvalue weighted by atomic mass is 35.5. The van der Waals surface area contributed by atoms with Crippen LogP contribution in [0.5, 0.6) is 5.75 Å². The molecule has 0 fully saturated rings. The second kappa shape index (κ2) is 9.78. The van der Waals surface area contributed by atoms with Gasteiger partial charge in [0.15, 0.2) is 0 Å². The van der Waals surface area contributed by atoms with Crippen LogP contribution in [-0.4, -0.2) is 42.6 Å². The molecule has 0 radical (unpaired) electrons.